The van der Waals surface area contributed by atoms with E-state index in [4.69, 9.17) is 13.6 Å². The van der Waals surface area contributed by atoms with E-state index in [0.717, 1.165) is 0 Å². The minimum absolute atomic E-state index is 0.142. The summed E-state index contributed by atoms with van der Waals surface area (Å²) in [4.78, 5) is 0. The Morgan fingerprint density at radius 1 is 0.750 bits per heavy atom. The van der Waals surface area contributed by atoms with Gasteiger partial charge >= 0.3 is 48.0 Å². The first-order valence-corrected chi connectivity index (χ1v) is 10.9. The van der Waals surface area contributed by atoms with Crippen molar-refractivity contribution < 1.29 is 24.5 Å². The van der Waals surface area contributed by atoms with Crippen LogP contribution in [0.1, 0.15) is 41.5 Å². The van der Waals surface area contributed by atoms with E-state index in [1.807, 2.05) is 41.5 Å². The summed E-state index contributed by atoms with van der Waals surface area (Å²) in [6.07, 6.45) is 0.427. The molecule has 0 bridgehead atoms. The van der Waals surface area contributed by atoms with Gasteiger partial charge in [0.05, 0.1) is 18.3 Å². The van der Waals surface area contributed by atoms with Crippen molar-refractivity contribution in [1.29, 1.82) is 0 Å². The fourth-order valence-electron chi connectivity index (χ4n) is 0.591. The van der Waals surface area contributed by atoms with Gasteiger partial charge in [-0.2, -0.15) is 0 Å². The molecular formula is C9H21Br2NiO3P. The molecule has 0 saturated carbocycles. The summed E-state index contributed by atoms with van der Waals surface area (Å²) < 4.78 is 16.5. The monoisotopic (exact) mass is 424 g/mol. The molecule has 0 saturated heterocycles. The standard InChI is InChI=1S/C9H21O3P.2BrH.Ni/c1-7(2)10-13(11-8(3)4)12-9(5)6;;;/h7-9H,1-6H3;2*1H;/q;;;+2/p-2. The molecule has 0 N–H and O–H groups in total. The molecular weight excluding hydrogens is 406 g/mol. The van der Waals surface area contributed by atoms with E-state index in [1.54, 1.807) is 0 Å². The minimum atomic E-state index is -1.18. The van der Waals surface area contributed by atoms with Gasteiger partial charge in [-0.05, 0) is 41.5 Å². The summed E-state index contributed by atoms with van der Waals surface area (Å²) in [6, 6.07) is 0. The van der Waals surface area contributed by atoms with Gasteiger partial charge in [0.1, 0.15) is 0 Å². The maximum absolute atomic E-state index is 5.49. The first-order valence-electron chi connectivity index (χ1n) is 4.96. The molecule has 3 nitrogen and oxygen atoms in total. The molecule has 0 spiro atoms. The van der Waals surface area contributed by atoms with E-state index in [1.165, 1.54) is 10.9 Å². The zero-order chi connectivity index (χ0) is 13.1. The topological polar surface area (TPSA) is 27.7 Å². The maximum atomic E-state index is 5.49. The van der Waals surface area contributed by atoms with Crippen molar-refractivity contribution >= 4 is 37.1 Å². The third kappa shape index (κ3) is 18.1. The van der Waals surface area contributed by atoms with Crippen LogP contribution in [-0.4, -0.2) is 18.3 Å². The predicted molar refractivity (Wildman–Crippen MR) is 73.4 cm³/mol. The Hall–Kier alpha value is 1.76. The van der Waals surface area contributed by atoms with Crippen LogP contribution in [0.3, 0.4) is 0 Å². The van der Waals surface area contributed by atoms with Crippen LogP contribution in [-0.2, 0) is 24.5 Å². The summed E-state index contributed by atoms with van der Waals surface area (Å²) in [5, 5.41) is 0. The SMILES string of the molecule is CC(C)OP(OC(C)C)OC(C)C.[Br][Ni][Br]. The van der Waals surface area contributed by atoms with E-state index in [9.17, 15) is 0 Å². The zero-order valence-corrected chi connectivity index (χ0v) is 15.5. The molecule has 0 aliphatic heterocycles. The molecule has 0 radical (unpaired) electrons. The molecule has 0 aromatic rings. The fourth-order valence-corrected chi connectivity index (χ4v) is 1.77. The van der Waals surface area contributed by atoms with Crippen LogP contribution in [0.5, 0.6) is 0 Å². The average molecular weight is 427 g/mol. The molecule has 0 aliphatic carbocycles. The fraction of sp³-hybridized carbons (Fsp3) is 1.00. The van der Waals surface area contributed by atoms with Gasteiger partial charge in [-0.25, -0.2) is 0 Å². The van der Waals surface area contributed by atoms with Crippen molar-refractivity contribution in [1.82, 2.24) is 0 Å². The molecule has 104 valence electrons. The van der Waals surface area contributed by atoms with Crippen LogP contribution in [0.25, 0.3) is 0 Å². The third-order valence-corrected chi connectivity index (χ3v) is 2.67. The van der Waals surface area contributed by atoms with Crippen molar-refractivity contribution in [3.63, 3.8) is 0 Å². The van der Waals surface area contributed by atoms with Crippen LogP contribution in [0.2, 0.25) is 0 Å². The van der Waals surface area contributed by atoms with E-state index >= 15 is 0 Å². The molecule has 0 atom stereocenters. The molecule has 0 rings (SSSR count). The first-order chi connectivity index (χ1) is 7.33. The van der Waals surface area contributed by atoms with Crippen LogP contribution in [0.15, 0.2) is 0 Å². The first kappa shape index (κ1) is 20.1. The van der Waals surface area contributed by atoms with Crippen LogP contribution >= 0.6 is 37.1 Å². The van der Waals surface area contributed by atoms with Gasteiger partial charge in [0, 0.05) is 0 Å². The predicted octanol–water partition coefficient (Wildman–Crippen LogP) is 5.18. The molecule has 0 unspecified atom stereocenters. The Kier molecular flexibility index (Phi) is 16.6. The van der Waals surface area contributed by atoms with Crippen LogP contribution in [0.4, 0.5) is 0 Å². The molecule has 16 heavy (non-hydrogen) atoms. The summed E-state index contributed by atoms with van der Waals surface area (Å²) in [6.45, 7) is 11.8. The number of rotatable bonds is 6. The third-order valence-electron chi connectivity index (χ3n) is 0.891. The Morgan fingerprint density at radius 2 is 0.938 bits per heavy atom. The van der Waals surface area contributed by atoms with E-state index in [2.05, 4.69) is 28.5 Å². The number of halogens is 2. The molecule has 0 fully saturated rings. The quantitative estimate of drug-likeness (QED) is 0.433. The second-order valence-electron chi connectivity index (χ2n) is 3.73. The Balaban J connectivity index is 0. The summed E-state index contributed by atoms with van der Waals surface area (Å²) in [7, 11) is 0.0710. The van der Waals surface area contributed by atoms with Crippen molar-refractivity contribution in [2.24, 2.45) is 0 Å². The Morgan fingerprint density at radius 3 is 1.06 bits per heavy atom. The van der Waals surface area contributed by atoms with E-state index in [0.29, 0.717) is 0 Å². The van der Waals surface area contributed by atoms with Crippen LogP contribution < -0.4 is 0 Å². The molecule has 0 aliphatic rings. The van der Waals surface area contributed by atoms with Gasteiger partial charge in [-0.3, -0.25) is 0 Å². The van der Waals surface area contributed by atoms with Crippen molar-refractivity contribution in [3.05, 3.63) is 0 Å². The molecule has 0 aromatic carbocycles. The zero-order valence-electron chi connectivity index (χ0n) is 10.5. The number of hydrogen-bond donors (Lipinski definition) is 0. The summed E-state index contributed by atoms with van der Waals surface area (Å²) in [5.74, 6) is 0. The van der Waals surface area contributed by atoms with Crippen molar-refractivity contribution in [2.45, 2.75) is 59.9 Å². The van der Waals surface area contributed by atoms with Crippen LogP contribution in [0, 0.1) is 0 Å². The van der Waals surface area contributed by atoms with Gasteiger partial charge in [-0.15, -0.1) is 0 Å². The van der Waals surface area contributed by atoms with Gasteiger partial charge in [-0.1, -0.05) is 0 Å². The second kappa shape index (κ2) is 13.2. The van der Waals surface area contributed by atoms with Gasteiger partial charge in [0.25, 0.3) is 0 Å². The van der Waals surface area contributed by atoms with Gasteiger partial charge < -0.3 is 13.6 Å². The van der Waals surface area contributed by atoms with Gasteiger partial charge in [0.15, 0.2) is 0 Å². The molecule has 7 heteroatoms. The Bertz CT molecular complexity index is 127. The number of hydrogen-bond acceptors (Lipinski definition) is 3. The summed E-state index contributed by atoms with van der Waals surface area (Å²) in [5.41, 5.74) is 0. The Labute approximate surface area is 121 Å². The van der Waals surface area contributed by atoms with E-state index < -0.39 is 8.60 Å². The normalized spacial score (nSPS) is 11.5. The molecule has 0 heterocycles. The molecule has 0 amide bonds. The summed E-state index contributed by atoms with van der Waals surface area (Å²) >= 11 is 6.00. The van der Waals surface area contributed by atoms with Crippen molar-refractivity contribution in [3.8, 4) is 0 Å². The van der Waals surface area contributed by atoms with Gasteiger partial charge in [0.2, 0.25) is 0 Å². The molecule has 0 aromatic heterocycles. The average Bonchev–Trinajstić information content (AvgIpc) is 2.00. The van der Waals surface area contributed by atoms with Crippen molar-refractivity contribution in [2.75, 3.05) is 0 Å². The van der Waals surface area contributed by atoms with E-state index in [-0.39, 0.29) is 18.3 Å². The second-order valence-corrected chi connectivity index (χ2v) is 9.79.